The Balaban J connectivity index is 2.03. The average Bonchev–Trinajstić information content (AvgIpc) is 3.09. The van der Waals surface area contributed by atoms with Gasteiger partial charge in [0.2, 0.25) is 5.91 Å². The number of methoxy groups -OCH3 is 1. The van der Waals surface area contributed by atoms with Crippen LogP contribution < -0.4 is 11.1 Å². The minimum Gasteiger partial charge on any atom is -0.383 e. The highest BCUT2D eigenvalue weighted by Gasteiger charge is 2.15. The van der Waals surface area contributed by atoms with Gasteiger partial charge in [0.1, 0.15) is 0 Å². The Morgan fingerprint density at radius 2 is 2.17 bits per heavy atom. The maximum absolute atomic E-state index is 12.2. The Kier molecular flexibility index (Phi) is 5.51. The fourth-order valence-corrected chi connectivity index (χ4v) is 3.04. The molecule has 0 aliphatic heterocycles. The summed E-state index contributed by atoms with van der Waals surface area (Å²) < 4.78 is 6.93. The van der Waals surface area contributed by atoms with Gasteiger partial charge in [-0.1, -0.05) is 0 Å². The van der Waals surface area contributed by atoms with E-state index in [1.807, 2.05) is 18.5 Å². The van der Waals surface area contributed by atoms with E-state index in [0.717, 1.165) is 17.0 Å². The molecule has 2 heterocycles. The lowest BCUT2D eigenvalue weighted by molar-refractivity contribution is 0.0954. The highest BCUT2D eigenvalue weighted by Crippen LogP contribution is 2.16. The quantitative estimate of drug-likeness (QED) is 0.794. The molecule has 2 aromatic heterocycles. The number of hydrogen-bond acceptors (Lipinski definition) is 5. The van der Waals surface area contributed by atoms with Gasteiger partial charge in [-0.05, 0) is 19.9 Å². The molecule has 0 atom stereocenters. The molecule has 2 rings (SSSR count). The van der Waals surface area contributed by atoms with Gasteiger partial charge in [-0.15, -0.1) is 11.3 Å². The van der Waals surface area contributed by atoms with Gasteiger partial charge < -0.3 is 15.8 Å². The largest absolute Gasteiger partial charge is 0.383 e. The number of hydrogen-bond donors (Lipinski definition) is 2. The summed E-state index contributed by atoms with van der Waals surface area (Å²) in [6.45, 7) is 5.51. The first kappa shape index (κ1) is 17.2. The number of nitrogens with one attached hydrogen (secondary N) is 1. The summed E-state index contributed by atoms with van der Waals surface area (Å²) in [7, 11) is 1.65. The van der Waals surface area contributed by atoms with E-state index < -0.39 is 5.91 Å². The third-order valence-corrected chi connectivity index (χ3v) is 4.50. The number of carbonyl (C=O) groups is 2. The van der Waals surface area contributed by atoms with E-state index in [4.69, 9.17) is 10.5 Å². The maximum atomic E-state index is 12.2. The molecule has 124 valence electrons. The lowest BCUT2D eigenvalue weighted by Gasteiger charge is -2.06. The van der Waals surface area contributed by atoms with Crippen LogP contribution in [0, 0.1) is 13.8 Å². The van der Waals surface area contributed by atoms with Crippen molar-refractivity contribution in [1.29, 1.82) is 0 Å². The number of rotatable bonds is 7. The number of carbonyl (C=O) groups excluding carboxylic acids is 2. The molecule has 7 nitrogen and oxygen atoms in total. The molecule has 3 N–H and O–H groups in total. The van der Waals surface area contributed by atoms with Crippen molar-refractivity contribution in [1.82, 2.24) is 15.1 Å². The van der Waals surface area contributed by atoms with E-state index in [-0.39, 0.29) is 5.91 Å². The molecule has 23 heavy (non-hydrogen) atoms. The molecule has 0 bridgehead atoms. The van der Waals surface area contributed by atoms with Crippen molar-refractivity contribution in [2.24, 2.45) is 5.73 Å². The zero-order chi connectivity index (χ0) is 17.0. The van der Waals surface area contributed by atoms with Crippen molar-refractivity contribution in [3.63, 3.8) is 0 Å². The SMILES string of the molecule is COCCn1nc(C)c(CNC(=O)c2cc(C(N)=O)cs2)c1C. The van der Waals surface area contributed by atoms with Crippen LogP contribution in [0.15, 0.2) is 11.4 Å². The Hall–Kier alpha value is -2.19. The first-order valence-electron chi connectivity index (χ1n) is 7.12. The van der Waals surface area contributed by atoms with Crippen molar-refractivity contribution in [3.05, 3.63) is 38.8 Å². The summed E-state index contributed by atoms with van der Waals surface area (Å²) in [4.78, 5) is 23.7. The minimum atomic E-state index is -0.536. The van der Waals surface area contributed by atoms with E-state index in [1.165, 1.54) is 17.4 Å². The van der Waals surface area contributed by atoms with E-state index in [2.05, 4.69) is 10.4 Å². The molecule has 0 saturated carbocycles. The molecule has 0 fully saturated rings. The van der Waals surface area contributed by atoms with Crippen LogP contribution in [0.5, 0.6) is 0 Å². The van der Waals surface area contributed by atoms with Gasteiger partial charge in [0.15, 0.2) is 0 Å². The molecular formula is C15H20N4O3S. The normalized spacial score (nSPS) is 10.7. The molecule has 2 amide bonds. The zero-order valence-electron chi connectivity index (χ0n) is 13.4. The average molecular weight is 336 g/mol. The summed E-state index contributed by atoms with van der Waals surface area (Å²) in [6.07, 6.45) is 0. The molecule has 8 heteroatoms. The molecule has 0 saturated heterocycles. The third-order valence-electron chi connectivity index (χ3n) is 3.57. The smallest absolute Gasteiger partial charge is 0.261 e. The van der Waals surface area contributed by atoms with Crippen LogP contribution in [-0.2, 0) is 17.8 Å². The Labute approximate surface area is 138 Å². The topological polar surface area (TPSA) is 99.2 Å². The van der Waals surface area contributed by atoms with E-state index >= 15 is 0 Å². The molecular weight excluding hydrogens is 316 g/mol. The fraction of sp³-hybridized carbons (Fsp3) is 0.400. The van der Waals surface area contributed by atoms with Crippen molar-refractivity contribution in [2.75, 3.05) is 13.7 Å². The fourth-order valence-electron chi connectivity index (χ4n) is 2.23. The van der Waals surface area contributed by atoms with Gasteiger partial charge in [0, 0.05) is 30.3 Å². The molecule has 0 spiro atoms. The Morgan fingerprint density at radius 3 is 2.78 bits per heavy atom. The number of nitrogens with zero attached hydrogens (tertiary/aromatic N) is 2. The van der Waals surface area contributed by atoms with Crippen LogP contribution in [0.25, 0.3) is 0 Å². The standard InChI is InChI=1S/C15H20N4O3S/c1-9-12(10(2)19(18-9)4-5-22-3)7-17-15(21)13-6-11(8-23-13)14(16)20/h6,8H,4-5,7H2,1-3H3,(H2,16,20)(H,17,21). The summed E-state index contributed by atoms with van der Waals surface area (Å²) in [5.41, 5.74) is 8.40. The number of nitrogens with two attached hydrogens (primary N) is 1. The molecule has 0 aliphatic carbocycles. The highest BCUT2D eigenvalue weighted by molar-refractivity contribution is 7.12. The highest BCUT2D eigenvalue weighted by atomic mass is 32.1. The van der Waals surface area contributed by atoms with Gasteiger partial charge in [0.05, 0.1) is 29.3 Å². The number of amides is 2. The molecule has 0 radical (unpaired) electrons. The monoisotopic (exact) mass is 336 g/mol. The van der Waals surface area contributed by atoms with Gasteiger partial charge >= 0.3 is 0 Å². The van der Waals surface area contributed by atoms with E-state index in [0.29, 0.717) is 30.1 Å². The number of primary amides is 1. The summed E-state index contributed by atoms with van der Waals surface area (Å²) in [6, 6.07) is 1.50. The van der Waals surface area contributed by atoms with Crippen LogP contribution in [-0.4, -0.2) is 35.3 Å². The van der Waals surface area contributed by atoms with Crippen molar-refractivity contribution in [3.8, 4) is 0 Å². The van der Waals surface area contributed by atoms with Gasteiger partial charge in [-0.3, -0.25) is 14.3 Å². The van der Waals surface area contributed by atoms with Gasteiger partial charge in [-0.25, -0.2) is 0 Å². The van der Waals surface area contributed by atoms with Crippen molar-refractivity contribution in [2.45, 2.75) is 26.9 Å². The lowest BCUT2D eigenvalue weighted by atomic mass is 10.2. The molecule has 0 aromatic carbocycles. The second-order valence-electron chi connectivity index (χ2n) is 5.11. The number of aromatic nitrogens is 2. The Morgan fingerprint density at radius 1 is 1.43 bits per heavy atom. The van der Waals surface area contributed by atoms with Crippen LogP contribution in [0.4, 0.5) is 0 Å². The van der Waals surface area contributed by atoms with E-state index in [9.17, 15) is 9.59 Å². The second-order valence-corrected chi connectivity index (χ2v) is 6.02. The second kappa shape index (κ2) is 7.38. The number of ether oxygens (including phenoxy) is 1. The summed E-state index contributed by atoms with van der Waals surface area (Å²) in [5, 5.41) is 8.89. The van der Waals surface area contributed by atoms with Crippen LogP contribution in [0.1, 0.15) is 37.0 Å². The van der Waals surface area contributed by atoms with E-state index in [1.54, 1.807) is 12.5 Å². The first-order chi connectivity index (χ1) is 10.9. The van der Waals surface area contributed by atoms with Gasteiger partial charge in [-0.2, -0.15) is 5.10 Å². The number of aryl methyl sites for hydroxylation is 1. The van der Waals surface area contributed by atoms with Crippen LogP contribution in [0.3, 0.4) is 0 Å². The molecule has 0 unspecified atom stereocenters. The predicted octanol–water partition coefficient (Wildman–Crippen LogP) is 1.24. The predicted molar refractivity (Wildman–Crippen MR) is 87.6 cm³/mol. The third kappa shape index (κ3) is 3.96. The van der Waals surface area contributed by atoms with Crippen molar-refractivity contribution < 1.29 is 14.3 Å². The van der Waals surface area contributed by atoms with Gasteiger partial charge in [0.25, 0.3) is 5.91 Å². The van der Waals surface area contributed by atoms with Crippen molar-refractivity contribution >= 4 is 23.2 Å². The summed E-state index contributed by atoms with van der Waals surface area (Å²) in [5.74, 6) is -0.766. The first-order valence-corrected chi connectivity index (χ1v) is 8.00. The number of thiophene rings is 1. The maximum Gasteiger partial charge on any atom is 0.261 e. The molecule has 0 aliphatic rings. The summed E-state index contributed by atoms with van der Waals surface area (Å²) >= 11 is 1.20. The van der Waals surface area contributed by atoms with Crippen LogP contribution >= 0.6 is 11.3 Å². The minimum absolute atomic E-state index is 0.231. The zero-order valence-corrected chi connectivity index (χ0v) is 14.2. The Bertz CT molecular complexity index is 720. The lowest BCUT2D eigenvalue weighted by Crippen LogP contribution is -2.22. The molecule has 2 aromatic rings. The van der Waals surface area contributed by atoms with Crippen LogP contribution in [0.2, 0.25) is 0 Å².